The zero-order valence-electron chi connectivity index (χ0n) is 11.4. The fraction of sp³-hybridized carbons (Fsp3) is 0.214. The molecule has 2 rings (SSSR count). The van der Waals surface area contributed by atoms with Crippen LogP contribution in [0.5, 0.6) is 0 Å². The highest BCUT2D eigenvalue weighted by molar-refractivity contribution is 6.30. The predicted molar refractivity (Wildman–Crippen MR) is 79.2 cm³/mol. The van der Waals surface area contributed by atoms with Gasteiger partial charge >= 0.3 is 5.69 Å². The van der Waals surface area contributed by atoms with Crippen molar-refractivity contribution in [1.82, 2.24) is 14.5 Å². The van der Waals surface area contributed by atoms with Gasteiger partial charge in [0.2, 0.25) is 5.91 Å². The lowest BCUT2D eigenvalue weighted by atomic mass is 10.2. The molecule has 0 spiro atoms. The molecule has 2 aromatic rings. The zero-order valence-corrected chi connectivity index (χ0v) is 12.1. The highest BCUT2D eigenvalue weighted by Crippen LogP contribution is 2.11. The molecule has 0 fully saturated rings. The first-order valence-electron chi connectivity index (χ1n) is 6.24. The highest BCUT2D eigenvalue weighted by Gasteiger charge is 2.11. The number of carbonyl (C=O) groups is 1. The van der Waals surface area contributed by atoms with E-state index in [1.165, 1.54) is 17.2 Å². The number of benzene rings is 1. The molecule has 0 saturated carbocycles. The molecule has 0 bridgehead atoms. The topological polar surface area (TPSA) is 75.2 Å². The number of aromatic amines is 1. The van der Waals surface area contributed by atoms with Crippen LogP contribution in [0.2, 0.25) is 5.02 Å². The lowest BCUT2D eigenvalue weighted by molar-refractivity contribution is -0.131. The smallest absolute Gasteiger partial charge is 0.328 e. The molecule has 0 aliphatic carbocycles. The molecule has 0 aliphatic heterocycles. The van der Waals surface area contributed by atoms with E-state index in [2.05, 4.69) is 4.98 Å². The third-order valence-electron chi connectivity index (χ3n) is 2.96. The van der Waals surface area contributed by atoms with Gasteiger partial charge in [-0.25, -0.2) is 4.79 Å². The van der Waals surface area contributed by atoms with Crippen LogP contribution < -0.4 is 11.2 Å². The van der Waals surface area contributed by atoms with Crippen LogP contribution in [-0.4, -0.2) is 27.4 Å². The minimum Gasteiger partial charge on any atom is -0.340 e. The summed E-state index contributed by atoms with van der Waals surface area (Å²) >= 11 is 5.80. The van der Waals surface area contributed by atoms with E-state index in [9.17, 15) is 14.4 Å². The molecule has 1 aromatic heterocycles. The highest BCUT2D eigenvalue weighted by atomic mass is 35.5. The Labute approximate surface area is 125 Å². The first kappa shape index (κ1) is 15.1. The van der Waals surface area contributed by atoms with Gasteiger partial charge in [0.1, 0.15) is 6.54 Å². The summed E-state index contributed by atoms with van der Waals surface area (Å²) in [6, 6.07) is 8.37. The summed E-state index contributed by atoms with van der Waals surface area (Å²) in [6.45, 7) is 0.286. The van der Waals surface area contributed by atoms with E-state index in [0.29, 0.717) is 11.6 Å². The maximum atomic E-state index is 12.1. The van der Waals surface area contributed by atoms with Crippen molar-refractivity contribution in [3.63, 3.8) is 0 Å². The van der Waals surface area contributed by atoms with Gasteiger partial charge in [-0.05, 0) is 17.7 Å². The number of aromatic nitrogens is 2. The van der Waals surface area contributed by atoms with Crippen LogP contribution in [0, 0.1) is 0 Å². The summed E-state index contributed by atoms with van der Waals surface area (Å²) in [5.74, 6) is -0.237. The second-order valence-corrected chi connectivity index (χ2v) is 5.05. The lowest BCUT2D eigenvalue weighted by Gasteiger charge is -2.17. The molecule has 0 radical (unpaired) electrons. The van der Waals surface area contributed by atoms with Gasteiger partial charge in [0.05, 0.1) is 0 Å². The van der Waals surface area contributed by atoms with Crippen molar-refractivity contribution in [2.45, 2.75) is 13.1 Å². The SMILES string of the molecule is CN(Cc1ccc(Cl)cc1)C(=O)Cn1ccc(=O)[nH]c1=O. The van der Waals surface area contributed by atoms with Gasteiger partial charge < -0.3 is 4.90 Å². The Kier molecular flexibility index (Phi) is 4.59. The van der Waals surface area contributed by atoms with Crippen molar-refractivity contribution in [2.75, 3.05) is 7.05 Å². The van der Waals surface area contributed by atoms with Gasteiger partial charge in [-0.3, -0.25) is 19.1 Å². The van der Waals surface area contributed by atoms with E-state index in [0.717, 1.165) is 10.1 Å². The first-order valence-corrected chi connectivity index (χ1v) is 6.61. The molecular formula is C14H14ClN3O3. The van der Waals surface area contributed by atoms with Crippen molar-refractivity contribution in [3.05, 3.63) is 68.0 Å². The average Bonchev–Trinajstić information content (AvgIpc) is 2.44. The fourth-order valence-corrected chi connectivity index (χ4v) is 1.91. The van der Waals surface area contributed by atoms with Crippen LogP contribution in [0.15, 0.2) is 46.1 Å². The quantitative estimate of drug-likeness (QED) is 0.910. The molecule has 0 aliphatic rings. The van der Waals surface area contributed by atoms with Crippen molar-refractivity contribution in [3.8, 4) is 0 Å². The zero-order chi connectivity index (χ0) is 15.4. The number of halogens is 1. The Balaban J connectivity index is 2.04. The van der Waals surface area contributed by atoms with Crippen molar-refractivity contribution >= 4 is 17.5 Å². The van der Waals surface area contributed by atoms with Crippen LogP contribution in [0.1, 0.15) is 5.56 Å². The second-order valence-electron chi connectivity index (χ2n) is 4.61. The van der Waals surface area contributed by atoms with Crippen molar-refractivity contribution < 1.29 is 4.79 Å². The predicted octanol–water partition coefficient (Wildman–Crippen LogP) is 0.849. The molecular weight excluding hydrogens is 294 g/mol. The number of amides is 1. The van der Waals surface area contributed by atoms with E-state index in [-0.39, 0.29) is 12.5 Å². The minimum atomic E-state index is -0.601. The van der Waals surface area contributed by atoms with E-state index >= 15 is 0 Å². The number of carbonyl (C=O) groups excluding carboxylic acids is 1. The molecule has 7 heteroatoms. The molecule has 0 atom stereocenters. The fourth-order valence-electron chi connectivity index (χ4n) is 1.79. The Bertz CT molecular complexity index is 749. The Hall–Kier alpha value is -2.34. The van der Waals surface area contributed by atoms with Gasteiger partial charge in [-0.15, -0.1) is 0 Å². The standard InChI is InChI=1S/C14H14ClN3O3/c1-17(8-10-2-4-11(15)5-3-10)13(20)9-18-7-6-12(19)16-14(18)21/h2-7H,8-9H2,1H3,(H,16,19,21). The number of hydrogen-bond acceptors (Lipinski definition) is 3. The Morgan fingerprint density at radius 3 is 2.52 bits per heavy atom. The molecule has 6 nitrogen and oxygen atoms in total. The number of nitrogens with zero attached hydrogens (tertiary/aromatic N) is 2. The van der Waals surface area contributed by atoms with Crippen LogP contribution in [0.25, 0.3) is 0 Å². The van der Waals surface area contributed by atoms with Gasteiger partial charge in [-0.1, -0.05) is 23.7 Å². The normalized spacial score (nSPS) is 10.4. The van der Waals surface area contributed by atoms with E-state index in [1.807, 2.05) is 12.1 Å². The van der Waals surface area contributed by atoms with Crippen LogP contribution >= 0.6 is 11.6 Å². The van der Waals surface area contributed by atoms with Crippen molar-refractivity contribution in [2.24, 2.45) is 0 Å². The first-order chi connectivity index (χ1) is 9.95. The van der Waals surface area contributed by atoms with E-state index < -0.39 is 11.2 Å². The second kappa shape index (κ2) is 6.41. The Morgan fingerprint density at radius 2 is 1.90 bits per heavy atom. The summed E-state index contributed by atoms with van der Waals surface area (Å²) in [6.07, 6.45) is 1.30. The average molecular weight is 308 g/mol. The number of nitrogens with one attached hydrogen (secondary N) is 1. The molecule has 110 valence electrons. The number of rotatable bonds is 4. The largest absolute Gasteiger partial charge is 0.340 e. The van der Waals surface area contributed by atoms with Crippen LogP contribution in [-0.2, 0) is 17.9 Å². The molecule has 0 saturated heterocycles. The third-order valence-corrected chi connectivity index (χ3v) is 3.21. The van der Waals surface area contributed by atoms with Gasteiger partial charge in [-0.2, -0.15) is 0 Å². The monoisotopic (exact) mass is 307 g/mol. The molecule has 1 aromatic carbocycles. The number of hydrogen-bond donors (Lipinski definition) is 1. The minimum absolute atomic E-state index is 0.125. The maximum Gasteiger partial charge on any atom is 0.328 e. The number of likely N-dealkylation sites (N-methyl/N-ethyl adjacent to an activating group) is 1. The van der Waals surface area contributed by atoms with Gasteiger partial charge in [0.25, 0.3) is 5.56 Å². The van der Waals surface area contributed by atoms with E-state index in [4.69, 9.17) is 11.6 Å². The van der Waals surface area contributed by atoms with Crippen LogP contribution in [0.4, 0.5) is 0 Å². The number of H-pyrrole nitrogens is 1. The van der Waals surface area contributed by atoms with Gasteiger partial charge in [0, 0.05) is 30.9 Å². The third kappa shape index (κ3) is 4.06. The lowest BCUT2D eigenvalue weighted by Crippen LogP contribution is -2.36. The summed E-state index contributed by atoms with van der Waals surface area (Å²) in [4.78, 5) is 38.1. The summed E-state index contributed by atoms with van der Waals surface area (Å²) < 4.78 is 1.15. The van der Waals surface area contributed by atoms with E-state index in [1.54, 1.807) is 19.2 Å². The van der Waals surface area contributed by atoms with Crippen LogP contribution in [0.3, 0.4) is 0 Å². The molecule has 1 heterocycles. The summed E-state index contributed by atoms with van der Waals surface area (Å²) in [5, 5.41) is 0.632. The molecule has 1 N–H and O–H groups in total. The maximum absolute atomic E-state index is 12.1. The summed E-state index contributed by atoms with van der Waals surface area (Å²) in [7, 11) is 1.65. The molecule has 21 heavy (non-hydrogen) atoms. The van der Waals surface area contributed by atoms with Gasteiger partial charge in [0.15, 0.2) is 0 Å². The molecule has 0 unspecified atom stereocenters. The van der Waals surface area contributed by atoms with Crippen molar-refractivity contribution in [1.29, 1.82) is 0 Å². The Morgan fingerprint density at radius 1 is 1.24 bits per heavy atom. The molecule has 1 amide bonds. The summed E-state index contributed by atoms with van der Waals surface area (Å²) in [5.41, 5.74) is -0.155.